The van der Waals surface area contributed by atoms with Crippen LogP contribution in [0.15, 0.2) is 54.6 Å². The number of hydrogen-bond acceptors (Lipinski definition) is 4. The molecule has 2 rings (SSSR count). The highest BCUT2D eigenvalue weighted by Crippen LogP contribution is 2.18. The number of para-hydroxylation sites is 1. The minimum Gasteiger partial charge on any atom is -0.497 e. The molecule has 1 atom stereocenters. The van der Waals surface area contributed by atoms with Crippen LogP contribution in [0.2, 0.25) is 0 Å². The molecular formula is C25H34N2O4. The number of ether oxygens (including phenoxy) is 2. The third-order valence-electron chi connectivity index (χ3n) is 4.70. The third-order valence-corrected chi connectivity index (χ3v) is 4.70. The molecule has 6 heteroatoms. The van der Waals surface area contributed by atoms with Crippen molar-refractivity contribution in [2.75, 3.05) is 13.7 Å². The number of rotatable bonds is 10. The summed E-state index contributed by atoms with van der Waals surface area (Å²) in [5, 5.41) is 2.97. The first-order valence-corrected chi connectivity index (χ1v) is 10.6. The SMILES string of the molecule is COc1cccc(CN(C(=O)CCCOc2ccccc2)[C@@H](C)C(=O)NC(C)(C)C)c1. The summed E-state index contributed by atoms with van der Waals surface area (Å²) in [5.74, 6) is 1.23. The highest BCUT2D eigenvalue weighted by Gasteiger charge is 2.28. The smallest absolute Gasteiger partial charge is 0.242 e. The van der Waals surface area contributed by atoms with Gasteiger partial charge < -0.3 is 19.7 Å². The first kappa shape index (κ1) is 24.3. The number of hydrogen-bond donors (Lipinski definition) is 1. The Hall–Kier alpha value is -3.02. The summed E-state index contributed by atoms with van der Waals surface area (Å²) in [6.07, 6.45) is 0.861. The number of benzene rings is 2. The van der Waals surface area contributed by atoms with Crippen molar-refractivity contribution in [3.05, 3.63) is 60.2 Å². The molecule has 2 aromatic rings. The summed E-state index contributed by atoms with van der Waals surface area (Å²) in [5.41, 5.74) is 0.531. The van der Waals surface area contributed by atoms with Gasteiger partial charge in [0.05, 0.1) is 13.7 Å². The van der Waals surface area contributed by atoms with Gasteiger partial charge in [0.2, 0.25) is 11.8 Å². The Balaban J connectivity index is 2.05. The van der Waals surface area contributed by atoms with E-state index in [9.17, 15) is 9.59 Å². The van der Waals surface area contributed by atoms with Crippen LogP contribution in [0.3, 0.4) is 0 Å². The maximum absolute atomic E-state index is 13.1. The number of nitrogens with one attached hydrogen (secondary N) is 1. The van der Waals surface area contributed by atoms with Crippen LogP contribution in [0.5, 0.6) is 11.5 Å². The molecule has 0 aromatic heterocycles. The van der Waals surface area contributed by atoms with Crippen LogP contribution in [0.25, 0.3) is 0 Å². The standard InChI is InChI=1S/C25H34N2O4/c1-19(24(29)26-25(2,3)4)27(18-20-11-9-14-22(17-20)30-5)23(28)15-10-16-31-21-12-7-6-8-13-21/h6-9,11-14,17,19H,10,15-16,18H2,1-5H3,(H,26,29)/t19-/m0/s1. The maximum atomic E-state index is 13.1. The molecule has 0 fully saturated rings. The van der Waals surface area contributed by atoms with Gasteiger partial charge in [-0.15, -0.1) is 0 Å². The highest BCUT2D eigenvalue weighted by atomic mass is 16.5. The highest BCUT2D eigenvalue weighted by molar-refractivity contribution is 5.87. The average Bonchev–Trinajstić information content (AvgIpc) is 2.74. The molecule has 0 heterocycles. The Morgan fingerprint density at radius 1 is 1.03 bits per heavy atom. The lowest BCUT2D eigenvalue weighted by atomic mass is 10.1. The summed E-state index contributed by atoms with van der Waals surface area (Å²) in [6.45, 7) is 8.30. The lowest BCUT2D eigenvalue weighted by molar-refractivity contribution is -0.141. The van der Waals surface area contributed by atoms with E-state index in [1.165, 1.54) is 0 Å². The van der Waals surface area contributed by atoms with Gasteiger partial charge in [0.1, 0.15) is 17.5 Å². The molecule has 2 aromatic carbocycles. The molecule has 0 aliphatic heterocycles. The van der Waals surface area contributed by atoms with Gasteiger partial charge in [0.25, 0.3) is 0 Å². The fourth-order valence-electron chi connectivity index (χ4n) is 3.10. The fourth-order valence-corrected chi connectivity index (χ4v) is 3.10. The van der Waals surface area contributed by atoms with Crippen LogP contribution in [0, 0.1) is 0 Å². The summed E-state index contributed by atoms with van der Waals surface area (Å²) in [6, 6.07) is 16.5. The molecule has 168 valence electrons. The molecule has 0 unspecified atom stereocenters. The molecule has 0 saturated heterocycles. The lowest BCUT2D eigenvalue weighted by Gasteiger charge is -2.31. The number of amides is 2. The van der Waals surface area contributed by atoms with E-state index in [0.29, 0.717) is 31.7 Å². The van der Waals surface area contributed by atoms with E-state index in [1.54, 1.807) is 18.9 Å². The summed E-state index contributed by atoms with van der Waals surface area (Å²) < 4.78 is 11.0. The molecule has 31 heavy (non-hydrogen) atoms. The largest absolute Gasteiger partial charge is 0.497 e. The quantitative estimate of drug-likeness (QED) is 0.579. The van der Waals surface area contributed by atoms with Crippen molar-refractivity contribution in [1.29, 1.82) is 0 Å². The Bertz CT molecular complexity index is 846. The van der Waals surface area contributed by atoms with Crippen molar-refractivity contribution in [3.8, 4) is 11.5 Å². The van der Waals surface area contributed by atoms with Gasteiger partial charge in [-0.2, -0.15) is 0 Å². The molecule has 0 radical (unpaired) electrons. The molecule has 0 bridgehead atoms. The maximum Gasteiger partial charge on any atom is 0.242 e. The van der Waals surface area contributed by atoms with Gasteiger partial charge in [-0.3, -0.25) is 9.59 Å². The molecule has 1 N–H and O–H groups in total. The van der Waals surface area contributed by atoms with Crippen LogP contribution in [-0.4, -0.2) is 42.0 Å². The second-order valence-electron chi connectivity index (χ2n) is 8.55. The number of carbonyl (C=O) groups excluding carboxylic acids is 2. The van der Waals surface area contributed by atoms with E-state index in [-0.39, 0.29) is 17.4 Å². The molecule has 0 aliphatic rings. The van der Waals surface area contributed by atoms with Crippen molar-refractivity contribution in [3.63, 3.8) is 0 Å². The van der Waals surface area contributed by atoms with E-state index in [0.717, 1.165) is 11.3 Å². The minimum atomic E-state index is -0.604. The first-order chi connectivity index (χ1) is 14.7. The van der Waals surface area contributed by atoms with Gasteiger partial charge in [0.15, 0.2) is 0 Å². The number of carbonyl (C=O) groups is 2. The van der Waals surface area contributed by atoms with Crippen LogP contribution >= 0.6 is 0 Å². The lowest BCUT2D eigenvalue weighted by Crippen LogP contribution is -2.52. The number of nitrogens with zero attached hydrogens (tertiary/aromatic N) is 1. The topological polar surface area (TPSA) is 67.9 Å². The van der Waals surface area contributed by atoms with E-state index >= 15 is 0 Å². The average molecular weight is 427 g/mol. The third kappa shape index (κ3) is 8.32. The molecule has 0 aliphatic carbocycles. The van der Waals surface area contributed by atoms with Crippen molar-refractivity contribution in [1.82, 2.24) is 10.2 Å². The Kier molecular flexibility index (Phi) is 8.91. The van der Waals surface area contributed by atoms with Crippen molar-refractivity contribution >= 4 is 11.8 Å². The zero-order valence-electron chi connectivity index (χ0n) is 19.2. The van der Waals surface area contributed by atoms with Crippen LogP contribution < -0.4 is 14.8 Å². The summed E-state index contributed by atoms with van der Waals surface area (Å²) in [7, 11) is 1.61. The van der Waals surface area contributed by atoms with Crippen LogP contribution in [0.1, 0.15) is 46.1 Å². The van der Waals surface area contributed by atoms with E-state index in [1.807, 2.05) is 75.4 Å². The van der Waals surface area contributed by atoms with Gasteiger partial charge in [-0.1, -0.05) is 30.3 Å². The second-order valence-corrected chi connectivity index (χ2v) is 8.55. The molecule has 6 nitrogen and oxygen atoms in total. The molecule has 0 spiro atoms. The fraction of sp³-hybridized carbons (Fsp3) is 0.440. The van der Waals surface area contributed by atoms with E-state index in [4.69, 9.17) is 9.47 Å². The zero-order chi connectivity index (χ0) is 22.9. The van der Waals surface area contributed by atoms with Crippen molar-refractivity contribution in [2.45, 2.75) is 58.7 Å². The van der Waals surface area contributed by atoms with E-state index < -0.39 is 6.04 Å². The van der Waals surface area contributed by atoms with Gasteiger partial charge in [-0.25, -0.2) is 0 Å². The Morgan fingerprint density at radius 2 is 1.71 bits per heavy atom. The van der Waals surface area contributed by atoms with E-state index in [2.05, 4.69) is 5.32 Å². The minimum absolute atomic E-state index is 0.0870. The summed E-state index contributed by atoms with van der Waals surface area (Å²) >= 11 is 0. The second kappa shape index (κ2) is 11.4. The van der Waals surface area contributed by atoms with Crippen LogP contribution in [0.4, 0.5) is 0 Å². The summed E-state index contributed by atoms with van der Waals surface area (Å²) in [4.78, 5) is 27.5. The Morgan fingerprint density at radius 3 is 2.35 bits per heavy atom. The van der Waals surface area contributed by atoms with Crippen molar-refractivity contribution in [2.24, 2.45) is 0 Å². The van der Waals surface area contributed by atoms with Gasteiger partial charge in [0, 0.05) is 18.5 Å². The van der Waals surface area contributed by atoms with Gasteiger partial charge in [-0.05, 0) is 63.9 Å². The first-order valence-electron chi connectivity index (χ1n) is 10.6. The Labute approximate surface area is 185 Å². The molecule has 2 amide bonds. The van der Waals surface area contributed by atoms with Crippen LogP contribution in [-0.2, 0) is 16.1 Å². The van der Waals surface area contributed by atoms with Gasteiger partial charge >= 0.3 is 0 Å². The van der Waals surface area contributed by atoms with Crippen molar-refractivity contribution < 1.29 is 19.1 Å². The normalized spacial score (nSPS) is 12.0. The molecule has 0 saturated carbocycles. The molecular weight excluding hydrogens is 392 g/mol. The predicted octanol–water partition coefficient (Wildman–Crippen LogP) is 4.19. The zero-order valence-corrected chi connectivity index (χ0v) is 19.2. The number of methoxy groups -OCH3 is 1. The predicted molar refractivity (Wildman–Crippen MR) is 122 cm³/mol. The monoisotopic (exact) mass is 426 g/mol.